The highest BCUT2D eigenvalue weighted by atomic mass is 35.5. The largest absolute Gasteiger partial charge is 0.383 e. The molecule has 1 unspecified atom stereocenters. The van der Waals surface area contributed by atoms with Gasteiger partial charge >= 0.3 is 0 Å². The second-order valence-corrected chi connectivity index (χ2v) is 5.41. The fourth-order valence-electron chi connectivity index (χ4n) is 2.42. The van der Waals surface area contributed by atoms with Crippen molar-refractivity contribution < 1.29 is 14.2 Å². The maximum absolute atomic E-state index is 6.34. The van der Waals surface area contributed by atoms with E-state index in [-0.39, 0.29) is 12.3 Å². The highest BCUT2D eigenvalue weighted by Crippen LogP contribution is 2.28. The zero-order valence-electron chi connectivity index (χ0n) is 12.7. The zero-order chi connectivity index (χ0) is 15.1. The Balaban J connectivity index is 2.11. The summed E-state index contributed by atoms with van der Waals surface area (Å²) in [5.41, 5.74) is 0.973. The normalized spacial score (nSPS) is 17.5. The van der Waals surface area contributed by atoms with Crippen LogP contribution in [0.4, 0.5) is 0 Å². The van der Waals surface area contributed by atoms with E-state index in [0.717, 1.165) is 25.1 Å². The fourth-order valence-corrected chi connectivity index (χ4v) is 2.69. The third kappa shape index (κ3) is 4.66. The van der Waals surface area contributed by atoms with Gasteiger partial charge in [0.15, 0.2) is 6.29 Å². The van der Waals surface area contributed by atoms with Crippen molar-refractivity contribution in [1.82, 2.24) is 15.1 Å². The number of nitrogens with one attached hydrogen (secondary N) is 1. The van der Waals surface area contributed by atoms with Crippen LogP contribution in [0.1, 0.15) is 31.5 Å². The highest BCUT2D eigenvalue weighted by Gasteiger charge is 2.26. The average molecular weight is 318 g/mol. The molecule has 1 fully saturated rings. The molecule has 0 bridgehead atoms. The van der Waals surface area contributed by atoms with Gasteiger partial charge < -0.3 is 19.5 Å². The monoisotopic (exact) mass is 317 g/mol. The molecule has 0 amide bonds. The summed E-state index contributed by atoms with van der Waals surface area (Å²) in [6.45, 7) is 5.63. The molecule has 1 N–H and O–H groups in total. The van der Waals surface area contributed by atoms with Crippen molar-refractivity contribution in [3.05, 3.63) is 16.9 Å². The molecule has 0 radical (unpaired) electrons. The highest BCUT2D eigenvalue weighted by molar-refractivity contribution is 6.31. The maximum Gasteiger partial charge on any atom is 0.159 e. The lowest BCUT2D eigenvalue weighted by Crippen LogP contribution is -2.29. The van der Waals surface area contributed by atoms with E-state index in [1.54, 1.807) is 13.3 Å². The Labute approximate surface area is 130 Å². The molecule has 1 aliphatic heterocycles. The molecule has 1 aromatic heterocycles. The lowest BCUT2D eigenvalue weighted by Gasteiger charge is -2.23. The van der Waals surface area contributed by atoms with Gasteiger partial charge in [-0.25, -0.2) is 0 Å². The smallest absolute Gasteiger partial charge is 0.159 e. The first-order chi connectivity index (χ1) is 10.3. The van der Waals surface area contributed by atoms with E-state index in [1.165, 1.54) is 0 Å². The Morgan fingerprint density at radius 2 is 2.29 bits per heavy atom. The molecule has 21 heavy (non-hydrogen) atoms. The number of hydrogen-bond donors (Lipinski definition) is 1. The lowest BCUT2D eigenvalue weighted by atomic mass is 10.1. The summed E-state index contributed by atoms with van der Waals surface area (Å²) in [6.07, 6.45) is 3.27. The fraction of sp³-hybridized carbons (Fsp3) is 0.786. The van der Waals surface area contributed by atoms with Gasteiger partial charge in [0.1, 0.15) is 0 Å². The van der Waals surface area contributed by atoms with Gasteiger partial charge in [-0.3, -0.25) is 4.68 Å². The molecule has 0 saturated carbocycles. The zero-order valence-corrected chi connectivity index (χ0v) is 13.4. The van der Waals surface area contributed by atoms with E-state index in [1.807, 2.05) is 4.68 Å². The molecular formula is C14H24ClN3O3. The summed E-state index contributed by atoms with van der Waals surface area (Å²) < 4.78 is 18.2. The third-order valence-electron chi connectivity index (χ3n) is 3.43. The molecule has 1 aromatic rings. The van der Waals surface area contributed by atoms with Crippen LogP contribution in [0.15, 0.2) is 6.20 Å². The number of halogens is 1. The van der Waals surface area contributed by atoms with E-state index in [2.05, 4.69) is 17.3 Å². The second kappa shape index (κ2) is 8.70. The Kier molecular flexibility index (Phi) is 6.92. The van der Waals surface area contributed by atoms with Crippen molar-refractivity contribution in [2.24, 2.45) is 0 Å². The predicted molar refractivity (Wildman–Crippen MR) is 80.5 cm³/mol. The van der Waals surface area contributed by atoms with Gasteiger partial charge in [0.05, 0.1) is 49.3 Å². The Hall–Kier alpha value is -0.660. The molecule has 0 aromatic carbocycles. The van der Waals surface area contributed by atoms with E-state index in [4.69, 9.17) is 25.8 Å². The summed E-state index contributed by atoms with van der Waals surface area (Å²) in [5, 5.41) is 8.51. The Morgan fingerprint density at radius 1 is 1.52 bits per heavy atom. The van der Waals surface area contributed by atoms with Gasteiger partial charge in [-0.05, 0) is 13.0 Å². The Morgan fingerprint density at radius 3 is 2.95 bits per heavy atom. The number of aromatic nitrogens is 2. The minimum atomic E-state index is -0.179. The van der Waals surface area contributed by atoms with Gasteiger partial charge in [-0.15, -0.1) is 0 Å². The summed E-state index contributed by atoms with van der Waals surface area (Å²) in [4.78, 5) is 0. The van der Waals surface area contributed by atoms with E-state index in [9.17, 15) is 0 Å². The van der Waals surface area contributed by atoms with Crippen LogP contribution in [0.3, 0.4) is 0 Å². The third-order valence-corrected chi connectivity index (χ3v) is 3.72. The van der Waals surface area contributed by atoms with Gasteiger partial charge in [0.25, 0.3) is 0 Å². The van der Waals surface area contributed by atoms with Gasteiger partial charge in [-0.2, -0.15) is 5.10 Å². The first-order valence-corrected chi connectivity index (χ1v) is 7.80. The van der Waals surface area contributed by atoms with Crippen molar-refractivity contribution in [1.29, 1.82) is 0 Å². The molecule has 2 rings (SSSR count). The van der Waals surface area contributed by atoms with Crippen molar-refractivity contribution in [3.8, 4) is 0 Å². The molecule has 6 nitrogen and oxygen atoms in total. The molecule has 7 heteroatoms. The lowest BCUT2D eigenvalue weighted by molar-refractivity contribution is -0.0535. The van der Waals surface area contributed by atoms with Crippen LogP contribution in [-0.2, 0) is 20.8 Å². The number of rotatable bonds is 9. The maximum atomic E-state index is 6.34. The summed E-state index contributed by atoms with van der Waals surface area (Å²) >= 11 is 6.34. The molecule has 120 valence electrons. The van der Waals surface area contributed by atoms with Crippen LogP contribution in [0, 0.1) is 0 Å². The number of hydrogen-bond acceptors (Lipinski definition) is 5. The molecule has 1 saturated heterocycles. The van der Waals surface area contributed by atoms with E-state index in [0.29, 0.717) is 31.4 Å². The van der Waals surface area contributed by atoms with Crippen molar-refractivity contribution in [3.63, 3.8) is 0 Å². The van der Waals surface area contributed by atoms with Gasteiger partial charge in [-0.1, -0.05) is 18.5 Å². The second-order valence-electron chi connectivity index (χ2n) is 5.01. The van der Waals surface area contributed by atoms with E-state index < -0.39 is 0 Å². The summed E-state index contributed by atoms with van der Waals surface area (Å²) in [5.74, 6) is 0. The van der Waals surface area contributed by atoms with Gasteiger partial charge in [0.2, 0.25) is 0 Å². The number of nitrogens with zero attached hydrogens (tertiary/aromatic N) is 2. The van der Waals surface area contributed by atoms with E-state index >= 15 is 0 Å². The van der Waals surface area contributed by atoms with Gasteiger partial charge in [0, 0.05) is 13.5 Å². The topological polar surface area (TPSA) is 57.5 Å². The number of methoxy groups -OCH3 is 1. The van der Waals surface area contributed by atoms with Crippen LogP contribution in [0.25, 0.3) is 0 Å². The van der Waals surface area contributed by atoms with Crippen LogP contribution in [0.2, 0.25) is 5.02 Å². The molecule has 0 spiro atoms. The first kappa shape index (κ1) is 16.7. The van der Waals surface area contributed by atoms with Crippen LogP contribution < -0.4 is 5.32 Å². The molecule has 0 aliphatic carbocycles. The molecule has 1 atom stereocenters. The van der Waals surface area contributed by atoms with Crippen molar-refractivity contribution in [2.45, 2.75) is 38.6 Å². The van der Waals surface area contributed by atoms with Crippen LogP contribution >= 0.6 is 11.6 Å². The minimum Gasteiger partial charge on any atom is -0.383 e. The molecular weight excluding hydrogens is 294 g/mol. The van der Waals surface area contributed by atoms with Crippen LogP contribution in [-0.4, -0.2) is 49.5 Å². The summed E-state index contributed by atoms with van der Waals surface area (Å²) in [7, 11) is 1.68. The predicted octanol–water partition coefficient (Wildman–Crippen LogP) is 1.99. The quantitative estimate of drug-likeness (QED) is 0.755. The number of ether oxygens (including phenoxy) is 3. The van der Waals surface area contributed by atoms with Crippen molar-refractivity contribution in [2.75, 3.05) is 33.5 Å². The molecule has 1 aliphatic rings. The van der Waals surface area contributed by atoms with Crippen molar-refractivity contribution >= 4 is 11.6 Å². The average Bonchev–Trinajstić information content (AvgIpc) is 3.11. The standard InChI is InChI=1S/C14H24ClN3O3/c1-3-4-16-12(9-13-20-7-8-21-13)14-11(15)10-17-18(14)5-6-19-2/h10,12-13,16H,3-9H2,1-2H3. The SMILES string of the molecule is CCCNC(CC1OCCO1)c1c(Cl)cnn1CCOC. The molecule has 2 heterocycles. The first-order valence-electron chi connectivity index (χ1n) is 7.43. The minimum absolute atomic E-state index is 0.0555. The Bertz CT molecular complexity index is 422. The summed E-state index contributed by atoms with van der Waals surface area (Å²) in [6, 6.07) is 0.0555. The van der Waals surface area contributed by atoms with Crippen LogP contribution in [0.5, 0.6) is 0 Å².